The molecule has 12 heteroatoms. The molecule has 6 nitrogen and oxygen atoms in total. The van der Waals surface area contributed by atoms with Gasteiger partial charge in [0.05, 0.1) is 0 Å². The van der Waals surface area contributed by atoms with Gasteiger partial charge in [0.2, 0.25) is 0 Å². The Morgan fingerprint density at radius 3 is 0.750 bits per heavy atom. The Bertz CT molecular complexity index is 384. The van der Waals surface area contributed by atoms with Gasteiger partial charge in [0.15, 0.2) is 0 Å². The Morgan fingerprint density at radius 2 is 0.750 bits per heavy atom. The molecular weight excluding hydrogens is 398 g/mol. The van der Waals surface area contributed by atoms with E-state index in [-0.39, 0.29) is 11.1 Å². The van der Waals surface area contributed by atoms with Crippen molar-refractivity contribution in [3.63, 3.8) is 0 Å². The molecule has 0 aromatic heterocycles. The Labute approximate surface area is 161 Å². The lowest BCUT2D eigenvalue weighted by atomic mass is 9.98. The van der Waals surface area contributed by atoms with E-state index in [1.54, 1.807) is 0 Å². The van der Waals surface area contributed by atoms with Gasteiger partial charge in [-0.1, -0.05) is 27.7 Å². The lowest BCUT2D eigenvalue weighted by Crippen LogP contribution is -2.33. The molecule has 0 spiro atoms. The van der Waals surface area contributed by atoms with Crippen LogP contribution in [-0.4, -0.2) is 45.6 Å². The number of carbonyl (C=O) groups is 2. The second-order valence-electron chi connectivity index (χ2n) is 6.33. The number of aliphatic carboxylic acids is 2. The molecular formula is C16H32F6N2O4. The molecule has 0 rings (SSSR count). The van der Waals surface area contributed by atoms with Crippen LogP contribution >= 0.6 is 0 Å². The van der Waals surface area contributed by atoms with E-state index in [1.165, 1.54) is 0 Å². The van der Waals surface area contributed by atoms with Gasteiger partial charge in [-0.05, 0) is 39.5 Å². The molecule has 0 saturated carbocycles. The standard InChI is InChI=1S/2C6H15N.2C2HF3O2/c2*1-4-6(3,7)5-2;2*3-2(4,5)1(6)7/h2*4-5,7H2,1-3H3;2*(H,6,7). The maximum atomic E-state index is 10.6. The number of halogens is 6. The van der Waals surface area contributed by atoms with Crippen LogP contribution in [0.1, 0.15) is 67.2 Å². The van der Waals surface area contributed by atoms with Gasteiger partial charge in [-0.2, -0.15) is 26.3 Å². The van der Waals surface area contributed by atoms with Gasteiger partial charge in [0.25, 0.3) is 0 Å². The fraction of sp³-hybridized carbons (Fsp3) is 0.875. The Hall–Kier alpha value is -1.56. The van der Waals surface area contributed by atoms with Crippen LogP contribution in [0.25, 0.3) is 0 Å². The molecule has 0 radical (unpaired) electrons. The summed E-state index contributed by atoms with van der Waals surface area (Å²) in [5.74, 6) is -5.51. The first kappa shape index (κ1) is 34.0. The highest BCUT2D eigenvalue weighted by molar-refractivity contribution is 5.73. The lowest BCUT2D eigenvalue weighted by Gasteiger charge is -2.18. The summed E-state index contributed by atoms with van der Waals surface area (Å²) in [6, 6.07) is 0. The monoisotopic (exact) mass is 430 g/mol. The normalized spacial score (nSPS) is 11.6. The third-order valence-electron chi connectivity index (χ3n) is 3.72. The van der Waals surface area contributed by atoms with Crippen molar-refractivity contribution < 1.29 is 46.1 Å². The highest BCUT2D eigenvalue weighted by Crippen LogP contribution is 2.13. The predicted octanol–water partition coefficient (Wildman–Crippen LogP) is 4.31. The number of hydrogen-bond donors (Lipinski definition) is 4. The molecule has 0 aliphatic carbocycles. The molecule has 172 valence electrons. The number of carboxylic acids is 2. The Morgan fingerprint density at radius 1 is 0.643 bits per heavy atom. The highest BCUT2D eigenvalue weighted by Gasteiger charge is 2.38. The van der Waals surface area contributed by atoms with Crippen LogP contribution in [0.5, 0.6) is 0 Å². The average Bonchev–Trinajstić information content (AvgIpc) is 2.54. The fourth-order valence-electron chi connectivity index (χ4n) is 0.500. The van der Waals surface area contributed by atoms with Crippen LogP contribution in [0.15, 0.2) is 0 Å². The number of rotatable bonds is 4. The largest absolute Gasteiger partial charge is 0.490 e. The lowest BCUT2D eigenvalue weighted by molar-refractivity contribution is -0.193. The molecule has 0 aliphatic heterocycles. The quantitative estimate of drug-likeness (QED) is 0.492. The van der Waals surface area contributed by atoms with E-state index < -0.39 is 24.3 Å². The molecule has 0 amide bonds. The summed E-state index contributed by atoms with van der Waals surface area (Å²) < 4.78 is 63.5. The van der Waals surface area contributed by atoms with Crippen LogP contribution in [0.3, 0.4) is 0 Å². The van der Waals surface area contributed by atoms with Crippen molar-refractivity contribution in [2.75, 3.05) is 0 Å². The van der Waals surface area contributed by atoms with Crippen LogP contribution in [-0.2, 0) is 9.59 Å². The highest BCUT2D eigenvalue weighted by atomic mass is 19.4. The summed E-state index contributed by atoms with van der Waals surface area (Å²) in [6.07, 6.45) is -5.88. The van der Waals surface area contributed by atoms with E-state index in [4.69, 9.17) is 31.3 Å². The summed E-state index contributed by atoms with van der Waals surface area (Å²) in [4.78, 5) is 17.8. The summed E-state index contributed by atoms with van der Waals surface area (Å²) in [6.45, 7) is 12.6. The molecule has 0 aromatic carbocycles. The van der Waals surface area contributed by atoms with Gasteiger partial charge < -0.3 is 21.7 Å². The van der Waals surface area contributed by atoms with E-state index in [1.807, 2.05) is 0 Å². The van der Waals surface area contributed by atoms with Crippen molar-refractivity contribution in [1.82, 2.24) is 0 Å². The van der Waals surface area contributed by atoms with Crippen LogP contribution in [0.4, 0.5) is 26.3 Å². The fourth-order valence-corrected chi connectivity index (χ4v) is 0.500. The van der Waals surface area contributed by atoms with Crippen molar-refractivity contribution in [2.24, 2.45) is 11.5 Å². The molecule has 0 atom stereocenters. The van der Waals surface area contributed by atoms with Gasteiger partial charge in [0.1, 0.15) is 0 Å². The van der Waals surface area contributed by atoms with Gasteiger partial charge >= 0.3 is 24.3 Å². The minimum atomic E-state index is -5.08. The second-order valence-corrected chi connectivity index (χ2v) is 6.33. The molecule has 0 fully saturated rings. The first-order valence-corrected chi connectivity index (χ1v) is 8.31. The number of nitrogens with two attached hydrogens (primary N) is 2. The maximum Gasteiger partial charge on any atom is 0.490 e. The summed E-state index contributed by atoms with van der Waals surface area (Å²) in [7, 11) is 0. The van der Waals surface area contributed by atoms with Crippen molar-refractivity contribution >= 4 is 11.9 Å². The van der Waals surface area contributed by atoms with Crippen molar-refractivity contribution in [3.05, 3.63) is 0 Å². The van der Waals surface area contributed by atoms with Crippen LogP contribution < -0.4 is 11.5 Å². The Balaban J connectivity index is -0.000000137. The van der Waals surface area contributed by atoms with Crippen LogP contribution in [0.2, 0.25) is 0 Å². The number of carboxylic acid groups (broad SMARTS) is 2. The minimum Gasteiger partial charge on any atom is -0.475 e. The Kier molecular flexibility index (Phi) is 17.5. The van der Waals surface area contributed by atoms with Gasteiger partial charge in [-0.15, -0.1) is 0 Å². The van der Waals surface area contributed by atoms with Gasteiger partial charge in [0, 0.05) is 11.1 Å². The summed E-state index contributed by atoms with van der Waals surface area (Å²) in [5, 5.41) is 14.2. The summed E-state index contributed by atoms with van der Waals surface area (Å²) in [5.41, 5.74) is 11.6. The predicted molar refractivity (Wildman–Crippen MR) is 93.7 cm³/mol. The van der Waals surface area contributed by atoms with E-state index in [2.05, 4.69) is 41.5 Å². The molecule has 6 N–H and O–H groups in total. The molecule has 28 heavy (non-hydrogen) atoms. The van der Waals surface area contributed by atoms with Crippen molar-refractivity contribution in [1.29, 1.82) is 0 Å². The van der Waals surface area contributed by atoms with Crippen molar-refractivity contribution in [2.45, 2.75) is 90.7 Å². The minimum absolute atomic E-state index is 0.0833. The molecule has 0 heterocycles. The molecule has 0 aromatic rings. The number of hydrogen-bond acceptors (Lipinski definition) is 4. The first-order chi connectivity index (χ1) is 12.1. The second kappa shape index (κ2) is 14.4. The number of alkyl halides is 6. The zero-order valence-corrected chi connectivity index (χ0v) is 17.0. The summed E-state index contributed by atoms with van der Waals surface area (Å²) >= 11 is 0. The third-order valence-corrected chi connectivity index (χ3v) is 3.72. The average molecular weight is 430 g/mol. The zero-order chi connectivity index (χ0) is 24.0. The van der Waals surface area contributed by atoms with E-state index in [9.17, 15) is 26.3 Å². The molecule has 0 saturated heterocycles. The van der Waals surface area contributed by atoms with Gasteiger partial charge in [-0.3, -0.25) is 0 Å². The molecule has 0 bridgehead atoms. The van der Waals surface area contributed by atoms with E-state index >= 15 is 0 Å². The van der Waals surface area contributed by atoms with Gasteiger partial charge in [-0.25, -0.2) is 9.59 Å². The molecule has 0 unspecified atom stereocenters. The zero-order valence-electron chi connectivity index (χ0n) is 17.0. The van der Waals surface area contributed by atoms with Crippen LogP contribution in [0, 0.1) is 0 Å². The SMILES string of the molecule is CCC(C)(N)CC.CCC(C)(N)CC.O=C(O)C(F)(F)F.O=C(O)C(F)(F)F. The smallest absolute Gasteiger partial charge is 0.475 e. The van der Waals surface area contributed by atoms with E-state index in [0.717, 1.165) is 25.7 Å². The topological polar surface area (TPSA) is 127 Å². The third kappa shape index (κ3) is 26.7. The molecule has 0 aliphatic rings. The van der Waals surface area contributed by atoms with E-state index in [0.29, 0.717) is 0 Å². The maximum absolute atomic E-state index is 10.6. The van der Waals surface area contributed by atoms with Crippen molar-refractivity contribution in [3.8, 4) is 0 Å². The first-order valence-electron chi connectivity index (χ1n) is 8.31.